The Hall–Kier alpha value is -0.0300. The predicted molar refractivity (Wildman–Crippen MR) is 68.7 cm³/mol. The Morgan fingerprint density at radius 3 is 2.44 bits per heavy atom. The first-order chi connectivity index (χ1) is 7.47. The quantitative estimate of drug-likeness (QED) is 0.737. The van der Waals surface area contributed by atoms with Crippen molar-refractivity contribution in [1.29, 1.82) is 0 Å². The number of Topliss-reactive ketones (excluding diaryl/α,β-unsaturated/α-hetero) is 1. The van der Waals surface area contributed by atoms with Crippen LogP contribution in [0.25, 0.3) is 0 Å². The van der Waals surface area contributed by atoms with Gasteiger partial charge in [-0.05, 0) is 12.8 Å². The van der Waals surface area contributed by atoms with E-state index in [1.54, 1.807) is 11.8 Å². The molecule has 1 fully saturated rings. The molecule has 5 heteroatoms. The van der Waals surface area contributed by atoms with Crippen LogP contribution >= 0.6 is 11.8 Å². The van der Waals surface area contributed by atoms with Crippen LogP contribution in [0.5, 0.6) is 0 Å². The van der Waals surface area contributed by atoms with Gasteiger partial charge >= 0.3 is 0 Å². The second kappa shape index (κ2) is 6.64. The van der Waals surface area contributed by atoms with Gasteiger partial charge in [0.25, 0.3) is 0 Å². The molecular formula is C11H20O3S2. The highest BCUT2D eigenvalue weighted by molar-refractivity contribution is 8.00. The predicted octanol–water partition coefficient (Wildman–Crippen LogP) is 2.06. The number of thioether (sulfide) groups is 1. The van der Waals surface area contributed by atoms with Crippen LogP contribution in [0.3, 0.4) is 0 Å². The lowest BCUT2D eigenvalue weighted by Gasteiger charge is -2.20. The maximum absolute atomic E-state index is 11.4. The average molecular weight is 264 g/mol. The molecule has 0 bridgehead atoms. The van der Waals surface area contributed by atoms with E-state index in [0.717, 1.165) is 0 Å². The van der Waals surface area contributed by atoms with E-state index in [1.165, 1.54) is 38.4 Å². The van der Waals surface area contributed by atoms with Crippen molar-refractivity contribution in [1.82, 2.24) is 0 Å². The first-order valence-corrected chi connectivity index (χ1v) is 8.89. The van der Waals surface area contributed by atoms with Crippen molar-refractivity contribution < 1.29 is 13.2 Å². The molecule has 1 aliphatic rings. The summed E-state index contributed by atoms with van der Waals surface area (Å²) in [5.74, 6) is 0.554. The molecule has 1 rings (SSSR count). The summed E-state index contributed by atoms with van der Waals surface area (Å²) in [7, 11) is -2.99. The largest absolute Gasteiger partial charge is 0.299 e. The van der Waals surface area contributed by atoms with Gasteiger partial charge in [0.05, 0.1) is 11.5 Å². The molecule has 0 unspecified atom stereocenters. The van der Waals surface area contributed by atoms with Crippen LogP contribution in [0.4, 0.5) is 0 Å². The number of rotatable bonds is 6. The van der Waals surface area contributed by atoms with Gasteiger partial charge in [-0.25, -0.2) is 8.42 Å². The van der Waals surface area contributed by atoms with Gasteiger partial charge < -0.3 is 0 Å². The van der Waals surface area contributed by atoms with Gasteiger partial charge in [0.15, 0.2) is 0 Å². The second-order valence-electron chi connectivity index (χ2n) is 4.49. The summed E-state index contributed by atoms with van der Waals surface area (Å²) in [6.07, 6.45) is 7.64. The van der Waals surface area contributed by atoms with Crippen molar-refractivity contribution in [3.63, 3.8) is 0 Å². The molecule has 94 valence electrons. The lowest BCUT2D eigenvalue weighted by molar-refractivity contribution is -0.116. The SMILES string of the molecule is CS(=O)(=O)CCC(=O)CSC1CCCCC1. The van der Waals surface area contributed by atoms with E-state index in [2.05, 4.69) is 0 Å². The van der Waals surface area contributed by atoms with Crippen molar-refractivity contribution in [2.45, 2.75) is 43.8 Å². The Labute approximate surface area is 102 Å². The van der Waals surface area contributed by atoms with Crippen LogP contribution in [0.2, 0.25) is 0 Å². The second-order valence-corrected chi connectivity index (χ2v) is 8.04. The van der Waals surface area contributed by atoms with E-state index in [0.29, 0.717) is 11.0 Å². The van der Waals surface area contributed by atoms with E-state index in [-0.39, 0.29) is 18.0 Å². The van der Waals surface area contributed by atoms with E-state index >= 15 is 0 Å². The first kappa shape index (κ1) is 14.0. The zero-order valence-corrected chi connectivity index (χ0v) is 11.4. The maximum atomic E-state index is 11.4. The molecule has 0 spiro atoms. The van der Waals surface area contributed by atoms with Gasteiger partial charge in [0.2, 0.25) is 0 Å². The Kier molecular flexibility index (Phi) is 5.83. The molecule has 0 atom stereocenters. The Bertz CT molecular complexity index is 316. The molecule has 0 radical (unpaired) electrons. The van der Waals surface area contributed by atoms with Crippen LogP contribution in [-0.4, -0.2) is 37.2 Å². The highest BCUT2D eigenvalue weighted by Gasteiger charge is 2.15. The molecule has 16 heavy (non-hydrogen) atoms. The fourth-order valence-electron chi connectivity index (χ4n) is 1.81. The summed E-state index contributed by atoms with van der Waals surface area (Å²) < 4.78 is 21.8. The van der Waals surface area contributed by atoms with Gasteiger partial charge in [-0.3, -0.25) is 4.79 Å². The highest BCUT2D eigenvalue weighted by Crippen LogP contribution is 2.28. The molecule has 0 aromatic rings. The summed E-state index contributed by atoms with van der Waals surface area (Å²) in [4.78, 5) is 11.4. The van der Waals surface area contributed by atoms with Crippen molar-refractivity contribution in [2.24, 2.45) is 0 Å². The zero-order valence-electron chi connectivity index (χ0n) is 9.78. The van der Waals surface area contributed by atoms with E-state index in [4.69, 9.17) is 0 Å². The molecule has 0 N–H and O–H groups in total. The molecule has 1 aliphatic carbocycles. The minimum absolute atomic E-state index is 0.00292. The van der Waals surface area contributed by atoms with Gasteiger partial charge in [-0.1, -0.05) is 19.3 Å². The average Bonchev–Trinajstić information content (AvgIpc) is 2.24. The van der Waals surface area contributed by atoms with Crippen LogP contribution in [0.15, 0.2) is 0 Å². The normalized spacial score (nSPS) is 18.6. The Morgan fingerprint density at radius 1 is 1.25 bits per heavy atom. The fraction of sp³-hybridized carbons (Fsp3) is 0.909. The van der Waals surface area contributed by atoms with Gasteiger partial charge in [-0.2, -0.15) is 11.8 Å². The number of hydrogen-bond acceptors (Lipinski definition) is 4. The van der Waals surface area contributed by atoms with Crippen LogP contribution in [0, 0.1) is 0 Å². The standard InChI is InChI=1S/C11H20O3S2/c1-16(13,14)8-7-10(12)9-15-11-5-3-2-4-6-11/h11H,2-9H2,1H3. The van der Waals surface area contributed by atoms with Gasteiger partial charge in [0, 0.05) is 17.9 Å². The third-order valence-electron chi connectivity index (χ3n) is 2.78. The monoisotopic (exact) mass is 264 g/mol. The summed E-state index contributed by atoms with van der Waals surface area (Å²) in [6, 6.07) is 0. The molecule has 3 nitrogen and oxygen atoms in total. The first-order valence-electron chi connectivity index (χ1n) is 5.78. The topological polar surface area (TPSA) is 51.2 Å². The summed E-state index contributed by atoms with van der Waals surface area (Å²) in [6.45, 7) is 0. The van der Waals surface area contributed by atoms with Crippen molar-refractivity contribution >= 4 is 27.4 Å². The molecule has 0 aromatic carbocycles. The van der Waals surface area contributed by atoms with Crippen LogP contribution < -0.4 is 0 Å². The van der Waals surface area contributed by atoms with Gasteiger partial charge in [-0.15, -0.1) is 0 Å². The number of carbonyl (C=O) groups excluding carboxylic acids is 1. The smallest absolute Gasteiger partial charge is 0.147 e. The molecule has 0 aliphatic heterocycles. The van der Waals surface area contributed by atoms with E-state index < -0.39 is 9.84 Å². The lowest BCUT2D eigenvalue weighted by Crippen LogP contribution is -2.14. The number of ketones is 1. The van der Waals surface area contributed by atoms with Crippen LogP contribution in [-0.2, 0) is 14.6 Å². The maximum Gasteiger partial charge on any atom is 0.147 e. The molecular weight excluding hydrogens is 244 g/mol. The van der Waals surface area contributed by atoms with Crippen molar-refractivity contribution in [3.8, 4) is 0 Å². The highest BCUT2D eigenvalue weighted by atomic mass is 32.2. The van der Waals surface area contributed by atoms with Crippen LogP contribution in [0.1, 0.15) is 38.5 Å². The summed E-state index contributed by atoms with van der Waals surface area (Å²) >= 11 is 1.71. The Morgan fingerprint density at radius 2 is 1.88 bits per heavy atom. The lowest BCUT2D eigenvalue weighted by atomic mass is 10.0. The molecule has 1 saturated carbocycles. The molecule has 0 saturated heterocycles. The number of carbonyl (C=O) groups is 1. The summed E-state index contributed by atoms with van der Waals surface area (Å²) in [5.41, 5.74) is 0. The van der Waals surface area contributed by atoms with E-state index in [1.807, 2.05) is 0 Å². The number of sulfone groups is 1. The Balaban J connectivity index is 2.14. The van der Waals surface area contributed by atoms with Gasteiger partial charge in [0.1, 0.15) is 15.6 Å². The number of hydrogen-bond donors (Lipinski definition) is 0. The summed E-state index contributed by atoms with van der Waals surface area (Å²) in [5, 5.41) is 0.621. The molecule has 0 amide bonds. The minimum Gasteiger partial charge on any atom is -0.299 e. The van der Waals surface area contributed by atoms with E-state index in [9.17, 15) is 13.2 Å². The van der Waals surface area contributed by atoms with Crippen molar-refractivity contribution in [2.75, 3.05) is 17.8 Å². The molecule has 0 aromatic heterocycles. The third-order valence-corrected chi connectivity index (χ3v) is 5.16. The minimum atomic E-state index is -2.99. The fourth-order valence-corrected chi connectivity index (χ4v) is 3.65. The molecule has 0 heterocycles. The zero-order chi connectivity index (χ0) is 12.0. The third kappa shape index (κ3) is 6.53. The van der Waals surface area contributed by atoms with Crippen molar-refractivity contribution in [3.05, 3.63) is 0 Å².